The third kappa shape index (κ3) is 10.2. The third-order valence-electron chi connectivity index (χ3n) is 2.09. The minimum absolute atomic E-state index is 0.273. The SMILES string of the molecule is CC(C)(C)N/C(=C/S(=O)(=O)/C=C(/NC(C)(C)C)C(F)F)C(F)F. The van der Waals surface area contributed by atoms with Crippen LogP contribution in [0.4, 0.5) is 17.6 Å². The van der Waals surface area contributed by atoms with Gasteiger partial charge < -0.3 is 10.6 Å². The lowest BCUT2D eigenvalue weighted by atomic mass is 10.1. The first kappa shape index (κ1) is 21.8. The molecule has 23 heavy (non-hydrogen) atoms. The van der Waals surface area contributed by atoms with E-state index in [2.05, 4.69) is 10.6 Å². The van der Waals surface area contributed by atoms with Crippen molar-refractivity contribution in [3.8, 4) is 0 Å². The summed E-state index contributed by atoms with van der Waals surface area (Å²) in [6.07, 6.45) is -6.16. The summed E-state index contributed by atoms with van der Waals surface area (Å²) in [5.41, 5.74) is -3.32. The molecule has 0 saturated carbocycles. The Labute approximate surface area is 134 Å². The van der Waals surface area contributed by atoms with Crippen LogP contribution in [0.25, 0.3) is 0 Å². The number of alkyl halides is 4. The van der Waals surface area contributed by atoms with Crippen LogP contribution in [0.15, 0.2) is 22.2 Å². The summed E-state index contributed by atoms with van der Waals surface area (Å²) in [4.78, 5) is 0. The average molecular weight is 360 g/mol. The Kier molecular flexibility index (Phi) is 7.14. The number of hydrogen-bond acceptors (Lipinski definition) is 4. The molecule has 0 fully saturated rings. The van der Waals surface area contributed by atoms with Gasteiger partial charge in [0.2, 0.25) is 0 Å². The van der Waals surface area contributed by atoms with Crippen molar-refractivity contribution < 1.29 is 26.0 Å². The van der Waals surface area contributed by atoms with E-state index in [-0.39, 0.29) is 10.8 Å². The molecule has 0 unspecified atom stereocenters. The second-order valence-corrected chi connectivity index (χ2v) is 8.74. The second-order valence-electron chi connectivity index (χ2n) is 7.09. The normalized spacial score (nSPS) is 15.3. The molecule has 0 heterocycles. The number of hydrogen-bond donors (Lipinski definition) is 2. The second kappa shape index (κ2) is 7.55. The number of halogens is 4. The smallest absolute Gasteiger partial charge is 0.278 e. The molecule has 0 atom stereocenters. The molecule has 4 nitrogen and oxygen atoms in total. The zero-order valence-electron chi connectivity index (χ0n) is 14.0. The molecule has 9 heteroatoms. The van der Waals surface area contributed by atoms with Gasteiger partial charge in [0.15, 0.2) is 9.84 Å². The molecule has 0 aromatic rings. The van der Waals surface area contributed by atoms with Crippen molar-refractivity contribution >= 4 is 9.84 Å². The quantitative estimate of drug-likeness (QED) is 0.713. The van der Waals surface area contributed by atoms with Crippen LogP contribution in [0, 0.1) is 0 Å². The van der Waals surface area contributed by atoms with Crippen molar-refractivity contribution in [3.05, 3.63) is 22.2 Å². The van der Waals surface area contributed by atoms with Crippen LogP contribution in [0.1, 0.15) is 41.5 Å². The van der Waals surface area contributed by atoms with Crippen LogP contribution in [-0.2, 0) is 9.84 Å². The Morgan fingerprint density at radius 3 is 1.22 bits per heavy atom. The molecule has 2 N–H and O–H groups in total. The van der Waals surface area contributed by atoms with Gasteiger partial charge in [-0.3, -0.25) is 0 Å². The summed E-state index contributed by atoms with van der Waals surface area (Å²) >= 11 is 0. The molecule has 0 rings (SSSR count). The molecule has 136 valence electrons. The zero-order valence-corrected chi connectivity index (χ0v) is 14.9. The number of sulfone groups is 1. The van der Waals surface area contributed by atoms with Gasteiger partial charge in [-0.25, -0.2) is 26.0 Å². The van der Waals surface area contributed by atoms with Gasteiger partial charge in [0.1, 0.15) is 0 Å². The summed E-state index contributed by atoms with van der Waals surface area (Å²) in [6.45, 7) is 9.40. The highest BCUT2D eigenvalue weighted by atomic mass is 32.2. The standard InChI is InChI=1S/C14H24F4N2O2S/c1-13(2,3)19-9(11(15)16)7-23(21,22)8-10(12(17)18)20-14(4,5)6/h7-8,11-12,19-20H,1-6H3/b9-7+,10-8+. The molecule has 0 amide bonds. The van der Waals surface area contributed by atoms with Gasteiger partial charge in [-0.15, -0.1) is 0 Å². The van der Waals surface area contributed by atoms with Crippen LogP contribution >= 0.6 is 0 Å². The van der Waals surface area contributed by atoms with Gasteiger partial charge in [0.25, 0.3) is 12.9 Å². The van der Waals surface area contributed by atoms with Crippen molar-refractivity contribution in [2.45, 2.75) is 65.5 Å². The fourth-order valence-electron chi connectivity index (χ4n) is 1.52. The van der Waals surface area contributed by atoms with Crippen LogP contribution in [0.5, 0.6) is 0 Å². The molecule has 0 saturated heterocycles. The van der Waals surface area contributed by atoms with E-state index in [4.69, 9.17) is 0 Å². The highest BCUT2D eigenvalue weighted by Crippen LogP contribution is 2.17. The molecule has 0 aliphatic carbocycles. The minimum atomic E-state index is -4.42. The fourth-order valence-corrected chi connectivity index (χ4v) is 2.62. The highest BCUT2D eigenvalue weighted by molar-refractivity contribution is 7.97. The lowest BCUT2D eigenvalue weighted by Gasteiger charge is -2.24. The Bertz CT molecular complexity index is 512. The van der Waals surface area contributed by atoms with E-state index in [1.807, 2.05) is 0 Å². The highest BCUT2D eigenvalue weighted by Gasteiger charge is 2.24. The summed E-state index contributed by atoms with van der Waals surface area (Å²) < 4.78 is 75.7. The predicted octanol–water partition coefficient (Wildman–Crippen LogP) is 3.39. The van der Waals surface area contributed by atoms with Crippen LogP contribution < -0.4 is 10.6 Å². The first-order valence-electron chi connectivity index (χ1n) is 6.83. The van der Waals surface area contributed by atoms with Crippen molar-refractivity contribution in [2.75, 3.05) is 0 Å². The van der Waals surface area contributed by atoms with E-state index in [9.17, 15) is 26.0 Å². The van der Waals surface area contributed by atoms with E-state index in [0.717, 1.165) is 0 Å². The summed E-state index contributed by atoms with van der Waals surface area (Å²) in [7, 11) is -4.42. The fraction of sp³-hybridized carbons (Fsp3) is 0.714. The van der Waals surface area contributed by atoms with Gasteiger partial charge in [-0.05, 0) is 41.5 Å². The lowest BCUT2D eigenvalue weighted by molar-refractivity contribution is 0.172. The maximum atomic E-state index is 12.9. The molecule has 0 aromatic carbocycles. The third-order valence-corrected chi connectivity index (χ3v) is 3.26. The minimum Gasteiger partial charge on any atom is -0.379 e. The van der Waals surface area contributed by atoms with Crippen molar-refractivity contribution in [3.63, 3.8) is 0 Å². The largest absolute Gasteiger partial charge is 0.379 e. The Hall–Kier alpha value is -1.25. The van der Waals surface area contributed by atoms with E-state index in [1.165, 1.54) is 0 Å². The number of rotatable bonds is 6. The molecule has 0 aliphatic heterocycles. The Morgan fingerprint density at radius 2 is 1.04 bits per heavy atom. The summed E-state index contributed by atoms with van der Waals surface area (Å²) in [6, 6.07) is 0. The molecule has 0 radical (unpaired) electrons. The van der Waals surface area contributed by atoms with Gasteiger partial charge in [-0.1, -0.05) is 0 Å². The molecule has 0 aliphatic rings. The number of nitrogens with one attached hydrogen (secondary N) is 2. The van der Waals surface area contributed by atoms with E-state index < -0.39 is 45.2 Å². The van der Waals surface area contributed by atoms with Crippen molar-refractivity contribution in [1.29, 1.82) is 0 Å². The van der Waals surface area contributed by atoms with Gasteiger partial charge in [-0.2, -0.15) is 0 Å². The predicted molar refractivity (Wildman–Crippen MR) is 82.9 cm³/mol. The summed E-state index contributed by atoms with van der Waals surface area (Å²) in [5, 5.41) is 5.26. The number of allylic oxidation sites excluding steroid dienone is 2. The van der Waals surface area contributed by atoms with E-state index in [0.29, 0.717) is 0 Å². The average Bonchev–Trinajstić information content (AvgIpc) is 2.22. The maximum absolute atomic E-state index is 12.9. The maximum Gasteiger partial charge on any atom is 0.278 e. The van der Waals surface area contributed by atoms with Crippen molar-refractivity contribution in [2.24, 2.45) is 0 Å². The molecule has 0 bridgehead atoms. The van der Waals surface area contributed by atoms with E-state index >= 15 is 0 Å². The van der Waals surface area contributed by atoms with Crippen LogP contribution in [0.3, 0.4) is 0 Å². The monoisotopic (exact) mass is 360 g/mol. The molecule has 0 aromatic heterocycles. The van der Waals surface area contributed by atoms with Gasteiger partial charge in [0.05, 0.1) is 22.2 Å². The summed E-state index contributed by atoms with van der Waals surface area (Å²) in [5.74, 6) is 0. The van der Waals surface area contributed by atoms with E-state index in [1.54, 1.807) is 41.5 Å². The van der Waals surface area contributed by atoms with Crippen LogP contribution in [-0.4, -0.2) is 32.3 Å². The molecular formula is C14H24F4N2O2S. The lowest BCUT2D eigenvalue weighted by Crippen LogP contribution is -2.38. The van der Waals surface area contributed by atoms with Crippen molar-refractivity contribution in [1.82, 2.24) is 10.6 Å². The Balaban J connectivity index is 5.73. The zero-order chi connectivity index (χ0) is 18.6. The molecular weight excluding hydrogens is 336 g/mol. The van der Waals surface area contributed by atoms with Gasteiger partial charge in [0, 0.05) is 11.1 Å². The topological polar surface area (TPSA) is 58.2 Å². The van der Waals surface area contributed by atoms with Gasteiger partial charge >= 0.3 is 0 Å². The first-order chi connectivity index (χ1) is 10.0. The molecule has 0 spiro atoms. The first-order valence-corrected chi connectivity index (χ1v) is 8.44. The van der Waals surface area contributed by atoms with Crippen LogP contribution in [0.2, 0.25) is 0 Å². The Morgan fingerprint density at radius 1 is 0.783 bits per heavy atom.